The van der Waals surface area contributed by atoms with Crippen LogP contribution in [0.4, 0.5) is 5.82 Å². The molecule has 0 saturated carbocycles. The molecule has 3 aliphatic heterocycles. The minimum absolute atomic E-state index is 0.0250. The number of nitrogens with one attached hydrogen (secondary N) is 2. The number of amides is 1. The Labute approximate surface area is 218 Å². The second-order valence-corrected chi connectivity index (χ2v) is 10.7. The number of aromatic nitrogens is 2. The van der Waals surface area contributed by atoms with E-state index in [4.69, 9.17) is 9.47 Å². The number of fused-ring (bicyclic) bond motifs is 5. The van der Waals surface area contributed by atoms with Crippen LogP contribution in [0, 0.1) is 16.7 Å². The molecule has 9 nitrogen and oxygen atoms in total. The quantitative estimate of drug-likeness (QED) is 0.525. The predicted molar refractivity (Wildman–Crippen MR) is 137 cm³/mol. The number of ether oxygens (including phenoxy) is 2. The summed E-state index contributed by atoms with van der Waals surface area (Å²) in [6.45, 7) is 4.22. The van der Waals surface area contributed by atoms with E-state index in [2.05, 4.69) is 35.4 Å². The number of rotatable bonds is 2. The zero-order chi connectivity index (χ0) is 26.2. The molecule has 3 aromatic rings. The van der Waals surface area contributed by atoms with Gasteiger partial charge in [0.2, 0.25) is 6.79 Å². The Morgan fingerprint density at radius 2 is 1.87 bits per heavy atom. The highest BCUT2D eigenvalue weighted by atomic mass is 16.7. The van der Waals surface area contributed by atoms with Crippen molar-refractivity contribution in [3.05, 3.63) is 82.3 Å². The minimum Gasteiger partial charge on any atom is -0.454 e. The number of hydrogen-bond donors (Lipinski definition) is 2. The van der Waals surface area contributed by atoms with Crippen LogP contribution in [0.15, 0.2) is 71.2 Å². The maximum atomic E-state index is 13.8. The monoisotopic (exact) mass is 505 g/mol. The van der Waals surface area contributed by atoms with E-state index in [1.54, 1.807) is 11.0 Å². The summed E-state index contributed by atoms with van der Waals surface area (Å²) >= 11 is 0. The van der Waals surface area contributed by atoms with E-state index in [0.717, 1.165) is 16.8 Å². The van der Waals surface area contributed by atoms with Gasteiger partial charge in [0.05, 0.1) is 23.3 Å². The number of nitriles is 1. The van der Waals surface area contributed by atoms with Gasteiger partial charge >= 0.3 is 0 Å². The molecule has 2 N–H and O–H groups in total. The first kappa shape index (κ1) is 22.4. The van der Waals surface area contributed by atoms with Gasteiger partial charge in [-0.2, -0.15) is 10.4 Å². The predicted octanol–water partition coefficient (Wildman–Crippen LogP) is 4.53. The summed E-state index contributed by atoms with van der Waals surface area (Å²) in [5.41, 5.74) is 3.76. The highest BCUT2D eigenvalue weighted by Crippen LogP contribution is 2.53. The van der Waals surface area contributed by atoms with Gasteiger partial charge in [-0.25, -0.2) is 0 Å². The van der Waals surface area contributed by atoms with Crippen LogP contribution in [0.5, 0.6) is 11.5 Å². The number of anilines is 1. The summed E-state index contributed by atoms with van der Waals surface area (Å²) in [5, 5.41) is 21.0. The zero-order valence-corrected chi connectivity index (χ0v) is 20.8. The average molecular weight is 506 g/mol. The van der Waals surface area contributed by atoms with E-state index in [-0.39, 0.29) is 29.5 Å². The van der Waals surface area contributed by atoms with Gasteiger partial charge in [0.25, 0.3) is 5.91 Å². The number of aromatic amines is 1. The molecule has 9 heteroatoms. The fourth-order valence-corrected chi connectivity index (χ4v) is 5.96. The van der Waals surface area contributed by atoms with Gasteiger partial charge in [0.15, 0.2) is 23.1 Å². The molecule has 0 radical (unpaired) electrons. The number of H-pyrrole nitrogens is 1. The number of ketones is 1. The normalized spacial score (nSPS) is 21.0. The maximum absolute atomic E-state index is 13.8. The Kier molecular flexibility index (Phi) is 4.61. The standard InChI is InChI=1S/C29H23N5O4/c1-29(2)11-18-23(19(35)12-29)22(16-8-9-20-21(10-16)38-14-37-20)17(13-30)26-31-28(36)24-25(15-6-4-3-5-7-15)32-33-27(24)34(18)26/h3-10,22H,11-12,14H2,1-2H3,(H,31,36)(H,32,33). The first-order valence-electron chi connectivity index (χ1n) is 12.4. The number of benzene rings is 2. The minimum atomic E-state index is -0.659. The first-order valence-corrected chi connectivity index (χ1v) is 12.4. The smallest absolute Gasteiger partial charge is 0.262 e. The molecule has 7 rings (SSSR count). The number of carbonyl (C=O) groups excluding carboxylic acids is 2. The molecule has 0 saturated heterocycles. The van der Waals surface area contributed by atoms with E-state index in [0.29, 0.717) is 52.8 Å². The van der Waals surface area contributed by atoms with E-state index in [9.17, 15) is 14.9 Å². The van der Waals surface area contributed by atoms with Crippen molar-refractivity contribution in [2.24, 2.45) is 5.41 Å². The molecule has 188 valence electrons. The van der Waals surface area contributed by atoms with Gasteiger partial charge in [0.1, 0.15) is 11.4 Å². The van der Waals surface area contributed by atoms with Crippen LogP contribution < -0.4 is 19.7 Å². The number of hydrogen-bond acceptors (Lipinski definition) is 7. The van der Waals surface area contributed by atoms with Crippen LogP contribution in [0.2, 0.25) is 0 Å². The summed E-state index contributed by atoms with van der Waals surface area (Å²) in [5.74, 6) is 0.856. The van der Waals surface area contributed by atoms with Crippen molar-refractivity contribution in [1.29, 1.82) is 5.26 Å². The molecule has 1 aromatic heterocycles. The van der Waals surface area contributed by atoms with Crippen LogP contribution in [-0.2, 0) is 4.79 Å². The van der Waals surface area contributed by atoms with Gasteiger partial charge in [-0.05, 0) is 29.5 Å². The highest BCUT2D eigenvalue weighted by molar-refractivity contribution is 6.10. The largest absolute Gasteiger partial charge is 0.454 e. The summed E-state index contributed by atoms with van der Waals surface area (Å²) in [4.78, 5) is 29.2. The van der Waals surface area contributed by atoms with Crippen LogP contribution in [0.1, 0.15) is 48.5 Å². The van der Waals surface area contributed by atoms with E-state index < -0.39 is 5.92 Å². The summed E-state index contributed by atoms with van der Waals surface area (Å²) in [7, 11) is 0. The molecule has 1 amide bonds. The van der Waals surface area contributed by atoms with Crippen LogP contribution >= 0.6 is 0 Å². The second kappa shape index (κ2) is 7.83. The Morgan fingerprint density at radius 1 is 1.08 bits per heavy atom. The van der Waals surface area contributed by atoms with Crippen LogP contribution in [0.3, 0.4) is 0 Å². The molecule has 1 unspecified atom stereocenters. The molecular formula is C29H23N5O4. The molecule has 1 aliphatic carbocycles. The van der Waals surface area contributed by atoms with Crippen molar-refractivity contribution >= 4 is 17.5 Å². The highest BCUT2D eigenvalue weighted by Gasteiger charge is 2.49. The summed E-state index contributed by atoms with van der Waals surface area (Å²) in [6.07, 6.45) is 0.921. The molecule has 0 spiro atoms. The van der Waals surface area contributed by atoms with Crippen molar-refractivity contribution in [2.75, 3.05) is 11.7 Å². The number of Topliss-reactive ketones (excluding diaryl/α,β-unsaturated/α-hetero) is 1. The van der Waals surface area contributed by atoms with Crippen molar-refractivity contribution in [2.45, 2.75) is 32.6 Å². The van der Waals surface area contributed by atoms with Crippen LogP contribution in [-0.4, -0.2) is 28.7 Å². The Morgan fingerprint density at radius 3 is 2.66 bits per heavy atom. The summed E-state index contributed by atoms with van der Waals surface area (Å²) in [6, 6.07) is 17.2. The van der Waals surface area contributed by atoms with Gasteiger partial charge in [0, 0.05) is 23.3 Å². The zero-order valence-electron chi connectivity index (χ0n) is 20.8. The van der Waals surface area contributed by atoms with Crippen molar-refractivity contribution in [1.82, 2.24) is 15.5 Å². The molecule has 1 atom stereocenters. The average Bonchev–Trinajstić information content (AvgIpc) is 3.55. The SMILES string of the molecule is CC1(C)CC(=O)C2=C(C1)N1C(=C(C#N)C2c2ccc3c(c2)OCO3)NC(=O)c2c1n[nH]c2-c1ccccc1. The lowest BCUT2D eigenvalue weighted by atomic mass is 9.68. The third-order valence-electron chi connectivity index (χ3n) is 7.55. The third kappa shape index (κ3) is 3.13. The Hall–Kier alpha value is -4.84. The van der Waals surface area contributed by atoms with Crippen molar-refractivity contribution in [3.63, 3.8) is 0 Å². The second-order valence-electron chi connectivity index (χ2n) is 10.7. The lowest BCUT2D eigenvalue weighted by Crippen LogP contribution is -2.48. The number of allylic oxidation sites excluding steroid dienone is 3. The third-order valence-corrected chi connectivity index (χ3v) is 7.55. The topological polar surface area (TPSA) is 120 Å². The lowest BCUT2D eigenvalue weighted by molar-refractivity contribution is -0.118. The summed E-state index contributed by atoms with van der Waals surface area (Å²) < 4.78 is 11.1. The van der Waals surface area contributed by atoms with E-state index in [1.165, 1.54) is 0 Å². The van der Waals surface area contributed by atoms with Gasteiger partial charge < -0.3 is 14.8 Å². The fourth-order valence-electron chi connectivity index (χ4n) is 5.96. The molecule has 0 fully saturated rings. The molecule has 38 heavy (non-hydrogen) atoms. The fraction of sp³-hybridized carbons (Fsp3) is 0.241. The van der Waals surface area contributed by atoms with Crippen molar-refractivity contribution in [3.8, 4) is 28.8 Å². The molecular weight excluding hydrogens is 482 g/mol. The molecule has 2 aromatic carbocycles. The van der Waals surface area contributed by atoms with Gasteiger partial charge in [-0.1, -0.05) is 50.2 Å². The molecule has 4 aliphatic rings. The van der Waals surface area contributed by atoms with Gasteiger partial charge in [-0.15, -0.1) is 0 Å². The molecule has 0 bridgehead atoms. The van der Waals surface area contributed by atoms with E-state index in [1.807, 2.05) is 42.5 Å². The number of carbonyl (C=O) groups is 2. The molecule has 4 heterocycles. The van der Waals surface area contributed by atoms with E-state index >= 15 is 0 Å². The Bertz CT molecular complexity index is 1660. The van der Waals surface area contributed by atoms with Crippen LogP contribution in [0.25, 0.3) is 11.3 Å². The number of nitrogens with zero attached hydrogens (tertiary/aromatic N) is 3. The Balaban J connectivity index is 1.48. The van der Waals surface area contributed by atoms with Crippen molar-refractivity contribution < 1.29 is 19.1 Å². The van der Waals surface area contributed by atoms with Gasteiger partial charge in [-0.3, -0.25) is 19.6 Å². The lowest BCUT2D eigenvalue weighted by Gasteiger charge is -2.45. The maximum Gasteiger partial charge on any atom is 0.262 e. The first-order chi connectivity index (χ1) is 18.4.